The van der Waals surface area contributed by atoms with Crippen molar-refractivity contribution < 1.29 is 9.18 Å². The van der Waals surface area contributed by atoms with E-state index in [1.807, 2.05) is 0 Å². The molecule has 1 fully saturated rings. The molecule has 1 aromatic carbocycles. The number of benzene rings is 1. The van der Waals surface area contributed by atoms with Crippen LogP contribution in [0.2, 0.25) is 0 Å². The van der Waals surface area contributed by atoms with Crippen molar-refractivity contribution in [1.29, 1.82) is 0 Å². The maximum absolute atomic E-state index is 13.3. The Labute approximate surface area is 128 Å². The molecule has 0 saturated heterocycles. The largest absolute Gasteiger partial charge is 0.351 e. The van der Waals surface area contributed by atoms with Crippen LogP contribution in [0.5, 0.6) is 0 Å². The van der Waals surface area contributed by atoms with Gasteiger partial charge in [-0.25, -0.2) is 4.39 Å². The summed E-state index contributed by atoms with van der Waals surface area (Å²) >= 11 is 3.59. The molecular weight excluding hydrogens is 321 g/mol. The molecule has 0 heterocycles. The van der Waals surface area contributed by atoms with Crippen molar-refractivity contribution in [3.8, 4) is 0 Å². The second-order valence-electron chi connectivity index (χ2n) is 5.89. The van der Waals surface area contributed by atoms with Gasteiger partial charge in [-0.15, -0.1) is 0 Å². The first-order valence-corrected chi connectivity index (χ1v) is 8.28. The van der Waals surface area contributed by atoms with E-state index in [4.69, 9.17) is 0 Å². The van der Waals surface area contributed by atoms with E-state index in [-0.39, 0.29) is 17.1 Å². The smallest absolute Gasteiger partial charge is 0.251 e. The van der Waals surface area contributed by atoms with Crippen LogP contribution in [0.1, 0.15) is 48.0 Å². The third kappa shape index (κ3) is 3.81. The van der Waals surface area contributed by atoms with Gasteiger partial charge in [0.15, 0.2) is 0 Å². The molecule has 2 rings (SSSR count). The fourth-order valence-electron chi connectivity index (χ4n) is 2.90. The van der Waals surface area contributed by atoms with Crippen LogP contribution < -0.4 is 5.32 Å². The third-order valence-electron chi connectivity index (χ3n) is 4.13. The molecule has 0 bridgehead atoms. The molecule has 1 amide bonds. The van der Waals surface area contributed by atoms with Gasteiger partial charge in [0.25, 0.3) is 5.91 Å². The molecular formula is C16H21BrFNO. The zero-order chi connectivity index (χ0) is 14.6. The molecule has 4 heteroatoms. The first-order valence-electron chi connectivity index (χ1n) is 7.16. The fraction of sp³-hybridized carbons (Fsp3) is 0.562. The van der Waals surface area contributed by atoms with Gasteiger partial charge >= 0.3 is 0 Å². The number of rotatable bonds is 4. The minimum absolute atomic E-state index is 0.163. The summed E-state index contributed by atoms with van der Waals surface area (Å²) in [6, 6.07) is 4.45. The fourth-order valence-corrected chi connectivity index (χ4v) is 3.66. The molecule has 0 unspecified atom stereocenters. The normalized spacial score (nSPS) is 17.8. The standard InChI is InChI=1S/C16H21BrFNO/c1-12-7-13(9-14(18)8-12)15(20)19-11-16(10-17)5-3-2-4-6-16/h7-9H,2-6,10-11H2,1H3,(H,19,20). The lowest BCUT2D eigenvalue weighted by atomic mass is 9.75. The van der Waals surface area contributed by atoms with Crippen molar-refractivity contribution in [2.75, 3.05) is 11.9 Å². The van der Waals surface area contributed by atoms with Crippen LogP contribution in [0.3, 0.4) is 0 Å². The molecule has 0 aromatic heterocycles. The molecule has 1 N–H and O–H groups in total. The Bertz CT molecular complexity index is 463. The first-order chi connectivity index (χ1) is 9.54. The minimum Gasteiger partial charge on any atom is -0.351 e. The third-order valence-corrected chi connectivity index (χ3v) is 5.32. The van der Waals surface area contributed by atoms with Crippen LogP contribution in [-0.2, 0) is 0 Å². The minimum atomic E-state index is -0.358. The van der Waals surface area contributed by atoms with E-state index in [1.54, 1.807) is 13.0 Å². The van der Waals surface area contributed by atoms with Gasteiger partial charge in [0.05, 0.1) is 0 Å². The van der Waals surface area contributed by atoms with Crippen LogP contribution >= 0.6 is 15.9 Å². The van der Waals surface area contributed by atoms with Crippen molar-refractivity contribution in [1.82, 2.24) is 5.32 Å². The van der Waals surface area contributed by atoms with Crippen LogP contribution in [0.25, 0.3) is 0 Å². The number of carbonyl (C=O) groups is 1. The molecule has 0 radical (unpaired) electrons. The summed E-state index contributed by atoms with van der Waals surface area (Å²) in [7, 11) is 0. The molecule has 1 aliphatic rings. The van der Waals surface area contributed by atoms with Gasteiger partial charge in [0.2, 0.25) is 0 Å². The van der Waals surface area contributed by atoms with Crippen molar-refractivity contribution in [2.24, 2.45) is 5.41 Å². The second-order valence-corrected chi connectivity index (χ2v) is 6.45. The number of nitrogens with one attached hydrogen (secondary N) is 1. The van der Waals surface area contributed by atoms with E-state index in [0.717, 1.165) is 23.7 Å². The summed E-state index contributed by atoms with van der Waals surface area (Å²) < 4.78 is 13.3. The highest BCUT2D eigenvalue weighted by Crippen LogP contribution is 2.37. The number of hydrogen-bond donors (Lipinski definition) is 1. The Hall–Kier alpha value is -0.900. The van der Waals surface area contributed by atoms with Crippen molar-refractivity contribution in [3.05, 3.63) is 35.1 Å². The summed E-state index contributed by atoms with van der Waals surface area (Å²) in [6.07, 6.45) is 6.01. The topological polar surface area (TPSA) is 29.1 Å². The average Bonchev–Trinajstić information content (AvgIpc) is 2.45. The molecule has 110 valence electrons. The highest BCUT2D eigenvalue weighted by Gasteiger charge is 2.31. The van der Waals surface area contributed by atoms with E-state index >= 15 is 0 Å². The Balaban J connectivity index is 2.00. The Morgan fingerprint density at radius 2 is 2.00 bits per heavy atom. The van der Waals surface area contributed by atoms with E-state index in [1.165, 1.54) is 31.4 Å². The van der Waals surface area contributed by atoms with Crippen LogP contribution in [0, 0.1) is 18.2 Å². The summed E-state index contributed by atoms with van der Waals surface area (Å²) in [6.45, 7) is 2.45. The Morgan fingerprint density at radius 1 is 1.30 bits per heavy atom. The SMILES string of the molecule is Cc1cc(F)cc(C(=O)NCC2(CBr)CCCCC2)c1. The monoisotopic (exact) mass is 341 g/mol. The number of aryl methyl sites for hydroxylation is 1. The maximum Gasteiger partial charge on any atom is 0.251 e. The summed E-state index contributed by atoms with van der Waals surface area (Å²) in [5.41, 5.74) is 1.34. The number of alkyl halides is 1. The van der Waals surface area contributed by atoms with Crippen molar-refractivity contribution in [3.63, 3.8) is 0 Å². The molecule has 1 aromatic rings. The van der Waals surface area contributed by atoms with E-state index in [0.29, 0.717) is 12.1 Å². The predicted octanol–water partition coefficient (Wildman–Crippen LogP) is 4.21. The van der Waals surface area contributed by atoms with Gasteiger partial charge < -0.3 is 5.32 Å². The Morgan fingerprint density at radius 3 is 2.60 bits per heavy atom. The van der Waals surface area contributed by atoms with Gasteiger partial charge in [-0.05, 0) is 48.9 Å². The number of carbonyl (C=O) groups excluding carboxylic acids is 1. The van der Waals surface area contributed by atoms with E-state index in [2.05, 4.69) is 21.2 Å². The highest BCUT2D eigenvalue weighted by molar-refractivity contribution is 9.09. The van der Waals surface area contributed by atoms with Gasteiger partial charge in [-0.2, -0.15) is 0 Å². The lowest BCUT2D eigenvalue weighted by Gasteiger charge is -2.35. The second kappa shape index (κ2) is 6.70. The zero-order valence-corrected chi connectivity index (χ0v) is 13.4. The lowest BCUT2D eigenvalue weighted by molar-refractivity contribution is 0.0921. The average molecular weight is 342 g/mol. The number of hydrogen-bond acceptors (Lipinski definition) is 1. The number of halogens is 2. The summed E-state index contributed by atoms with van der Waals surface area (Å²) in [5.74, 6) is -0.540. The zero-order valence-electron chi connectivity index (χ0n) is 11.8. The van der Waals surface area contributed by atoms with Crippen LogP contribution in [0.4, 0.5) is 4.39 Å². The first kappa shape index (κ1) is 15.5. The quantitative estimate of drug-likeness (QED) is 0.816. The van der Waals surface area contributed by atoms with Crippen LogP contribution in [0.15, 0.2) is 18.2 Å². The molecule has 2 nitrogen and oxygen atoms in total. The predicted molar refractivity (Wildman–Crippen MR) is 82.8 cm³/mol. The molecule has 1 saturated carbocycles. The van der Waals surface area contributed by atoms with E-state index in [9.17, 15) is 9.18 Å². The summed E-state index contributed by atoms with van der Waals surface area (Å²) in [4.78, 5) is 12.2. The van der Waals surface area contributed by atoms with Gasteiger partial charge in [-0.1, -0.05) is 35.2 Å². The molecule has 1 aliphatic carbocycles. The van der Waals surface area contributed by atoms with Crippen molar-refractivity contribution in [2.45, 2.75) is 39.0 Å². The summed E-state index contributed by atoms with van der Waals surface area (Å²) in [5, 5.41) is 3.88. The lowest BCUT2D eigenvalue weighted by Crippen LogP contribution is -2.40. The molecule has 0 aliphatic heterocycles. The molecule has 0 atom stereocenters. The maximum atomic E-state index is 13.3. The van der Waals surface area contributed by atoms with Crippen molar-refractivity contribution >= 4 is 21.8 Å². The number of amides is 1. The van der Waals surface area contributed by atoms with Crippen LogP contribution in [-0.4, -0.2) is 17.8 Å². The molecule has 0 spiro atoms. The van der Waals surface area contributed by atoms with E-state index < -0.39 is 0 Å². The van der Waals surface area contributed by atoms with Gasteiger partial charge in [0, 0.05) is 17.4 Å². The van der Waals surface area contributed by atoms with Gasteiger partial charge in [0.1, 0.15) is 5.82 Å². The Kier molecular flexibility index (Phi) is 5.19. The molecule has 20 heavy (non-hydrogen) atoms. The van der Waals surface area contributed by atoms with Gasteiger partial charge in [-0.3, -0.25) is 4.79 Å². The highest BCUT2D eigenvalue weighted by atomic mass is 79.9.